The van der Waals surface area contributed by atoms with Crippen molar-refractivity contribution in [2.45, 2.75) is 26.4 Å². The molecule has 0 unspecified atom stereocenters. The van der Waals surface area contributed by atoms with E-state index in [0.29, 0.717) is 39.3 Å². The Morgan fingerprint density at radius 1 is 0.912 bits per heavy atom. The lowest BCUT2D eigenvalue weighted by atomic mass is 10.2. The van der Waals surface area contributed by atoms with Crippen LogP contribution in [0.3, 0.4) is 0 Å². The van der Waals surface area contributed by atoms with E-state index >= 15 is 0 Å². The number of thiophene rings is 1. The van der Waals surface area contributed by atoms with Gasteiger partial charge in [-0.1, -0.05) is 66.7 Å². The summed E-state index contributed by atoms with van der Waals surface area (Å²) >= 11 is 1.63. The molecule has 3 rings (SSSR count). The lowest BCUT2D eigenvalue weighted by Crippen LogP contribution is -2.42. The second-order valence-electron chi connectivity index (χ2n) is 7.87. The third kappa shape index (κ3) is 8.61. The molecule has 34 heavy (non-hydrogen) atoms. The molecule has 0 saturated heterocycles. The predicted molar refractivity (Wildman–Crippen MR) is 138 cm³/mol. The Labute approximate surface area is 206 Å². The van der Waals surface area contributed by atoms with Gasteiger partial charge in [0.15, 0.2) is 0 Å². The molecule has 2 aromatic carbocycles. The number of hydrogen-bond donors (Lipinski definition) is 0. The smallest absolute Gasteiger partial charge is 0.247 e. The summed E-state index contributed by atoms with van der Waals surface area (Å²) in [5.41, 5.74) is 2.01. The predicted octanol–water partition coefficient (Wildman–Crippen LogP) is 5.25. The second kappa shape index (κ2) is 14.1. The highest BCUT2D eigenvalue weighted by Crippen LogP contribution is 2.15. The van der Waals surface area contributed by atoms with Crippen LogP contribution in [0, 0.1) is 0 Å². The number of ether oxygens (including phenoxy) is 1. The van der Waals surface area contributed by atoms with Crippen molar-refractivity contribution >= 4 is 29.2 Å². The van der Waals surface area contributed by atoms with Gasteiger partial charge in [0.1, 0.15) is 6.54 Å². The fourth-order valence-electron chi connectivity index (χ4n) is 3.50. The van der Waals surface area contributed by atoms with Crippen LogP contribution in [-0.4, -0.2) is 47.9 Å². The van der Waals surface area contributed by atoms with Crippen molar-refractivity contribution in [3.8, 4) is 0 Å². The zero-order valence-electron chi connectivity index (χ0n) is 19.6. The molecule has 5 nitrogen and oxygen atoms in total. The third-order valence-corrected chi connectivity index (χ3v) is 6.13. The average molecular weight is 477 g/mol. The van der Waals surface area contributed by atoms with Gasteiger partial charge >= 0.3 is 0 Å². The van der Waals surface area contributed by atoms with Crippen molar-refractivity contribution in [1.29, 1.82) is 0 Å². The Bertz CT molecular complexity index is 1020. The second-order valence-corrected chi connectivity index (χ2v) is 8.90. The Hall–Kier alpha value is -3.22. The Morgan fingerprint density at radius 3 is 2.32 bits per heavy atom. The Kier molecular flexibility index (Phi) is 10.6. The summed E-state index contributed by atoms with van der Waals surface area (Å²) < 4.78 is 5.44. The first kappa shape index (κ1) is 25.4. The first-order valence-corrected chi connectivity index (χ1v) is 12.5. The van der Waals surface area contributed by atoms with Crippen LogP contribution in [0.25, 0.3) is 6.08 Å². The molecular weight excluding hydrogens is 444 g/mol. The van der Waals surface area contributed by atoms with E-state index < -0.39 is 0 Å². The summed E-state index contributed by atoms with van der Waals surface area (Å²) in [6.07, 6.45) is 4.01. The molecule has 0 aliphatic rings. The van der Waals surface area contributed by atoms with Crippen molar-refractivity contribution in [2.24, 2.45) is 0 Å². The molecule has 2 amide bonds. The van der Waals surface area contributed by atoms with E-state index in [1.165, 1.54) is 0 Å². The van der Waals surface area contributed by atoms with Crippen molar-refractivity contribution in [2.75, 3.05) is 26.3 Å². The zero-order chi connectivity index (χ0) is 24.0. The summed E-state index contributed by atoms with van der Waals surface area (Å²) in [4.78, 5) is 31.0. The van der Waals surface area contributed by atoms with Crippen LogP contribution in [0.4, 0.5) is 0 Å². The molecule has 0 N–H and O–H groups in total. The maximum atomic E-state index is 13.4. The largest absolute Gasteiger partial charge is 0.382 e. The van der Waals surface area contributed by atoms with Gasteiger partial charge in [-0.3, -0.25) is 9.59 Å². The molecule has 0 aliphatic heterocycles. The third-order valence-electron chi connectivity index (χ3n) is 5.27. The maximum absolute atomic E-state index is 13.4. The van der Waals surface area contributed by atoms with Gasteiger partial charge in [-0.05, 0) is 42.0 Å². The molecule has 1 aromatic heterocycles. The van der Waals surface area contributed by atoms with Gasteiger partial charge in [-0.2, -0.15) is 0 Å². The standard InChI is InChI=1S/C28H32N2O3S/c1-2-33-19-10-18-29(27(31)17-16-24-11-5-3-6-12-24)23-28(32)30(22-26-15-9-20-34-26)21-25-13-7-4-8-14-25/h3-9,11-17,20H,2,10,18-19,21-23H2,1H3/b17-16+. The summed E-state index contributed by atoms with van der Waals surface area (Å²) in [5, 5.41) is 2.01. The van der Waals surface area contributed by atoms with Crippen LogP contribution in [0.1, 0.15) is 29.3 Å². The normalized spacial score (nSPS) is 11.0. The highest BCUT2D eigenvalue weighted by Gasteiger charge is 2.21. The number of hydrogen-bond acceptors (Lipinski definition) is 4. The van der Waals surface area contributed by atoms with Crippen LogP contribution in [0.5, 0.6) is 0 Å². The van der Waals surface area contributed by atoms with Crippen LogP contribution in [-0.2, 0) is 27.4 Å². The minimum Gasteiger partial charge on any atom is -0.382 e. The summed E-state index contributed by atoms with van der Waals surface area (Å²) in [5.74, 6) is -0.250. The van der Waals surface area contributed by atoms with Crippen LogP contribution < -0.4 is 0 Å². The Morgan fingerprint density at radius 2 is 1.65 bits per heavy atom. The topological polar surface area (TPSA) is 49.9 Å². The molecular formula is C28H32N2O3S. The first-order valence-electron chi connectivity index (χ1n) is 11.6. The first-order chi connectivity index (χ1) is 16.7. The monoisotopic (exact) mass is 476 g/mol. The summed E-state index contributed by atoms with van der Waals surface area (Å²) in [6.45, 7) is 4.64. The molecule has 0 saturated carbocycles. The number of carbonyl (C=O) groups is 2. The fourth-order valence-corrected chi connectivity index (χ4v) is 4.22. The SMILES string of the molecule is CCOCCCN(CC(=O)N(Cc1ccccc1)Cc1cccs1)C(=O)/C=C/c1ccccc1. The number of nitrogens with zero attached hydrogens (tertiary/aromatic N) is 2. The van der Waals surface area contributed by atoms with Crippen molar-refractivity contribution in [3.05, 3.63) is 100 Å². The minimum atomic E-state index is -0.176. The van der Waals surface area contributed by atoms with Gasteiger partial charge < -0.3 is 14.5 Å². The molecule has 1 heterocycles. The highest BCUT2D eigenvalue weighted by molar-refractivity contribution is 7.09. The van der Waals surface area contributed by atoms with Crippen molar-refractivity contribution < 1.29 is 14.3 Å². The number of benzene rings is 2. The maximum Gasteiger partial charge on any atom is 0.247 e. The van der Waals surface area contributed by atoms with E-state index in [0.717, 1.165) is 16.0 Å². The van der Waals surface area contributed by atoms with Crippen LogP contribution >= 0.6 is 11.3 Å². The van der Waals surface area contributed by atoms with E-state index in [9.17, 15) is 9.59 Å². The highest BCUT2D eigenvalue weighted by atomic mass is 32.1. The molecule has 3 aromatic rings. The van der Waals surface area contributed by atoms with E-state index in [1.807, 2.05) is 90.0 Å². The van der Waals surface area contributed by atoms with E-state index in [-0.39, 0.29) is 18.4 Å². The van der Waals surface area contributed by atoms with E-state index in [1.54, 1.807) is 28.4 Å². The number of rotatable bonds is 13. The lowest BCUT2D eigenvalue weighted by Gasteiger charge is -2.27. The molecule has 0 spiro atoms. The molecule has 0 radical (unpaired) electrons. The van der Waals surface area contributed by atoms with Gasteiger partial charge in [0, 0.05) is 37.3 Å². The molecule has 0 atom stereocenters. The van der Waals surface area contributed by atoms with Gasteiger partial charge in [0.25, 0.3) is 0 Å². The van der Waals surface area contributed by atoms with Crippen molar-refractivity contribution in [3.63, 3.8) is 0 Å². The zero-order valence-corrected chi connectivity index (χ0v) is 20.5. The summed E-state index contributed by atoms with van der Waals surface area (Å²) in [7, 11) is 0. The minimum absolute atomic E-state index is 0.0301. The fraction of sp³-hybridized carbons (Fsp3) is 0.286. The summed E-state index contributed by atoms with van der Waals surface area (Å²) in [6, 6.07) is 23.6. The van der Waals surface area contributed by atoms with Crippen LogP contribution in [0.2, 0.25) is 0 Å². The lowest BCUT2D eigenvalue weighted by molar-refractivity contribution is -0.139. The molecule has 0 aliphatic carbocycles. The molecule has 178 valence electrons. The Balaban J connectivity index is 1.72. The van der Waals surface area contributed by atoms with Crippen molar-refractivity contribution in [1.82, 2.24) is 9.80 Å². The number of carbonyl (C=O) groups excluding carboxylic acids is 2. The number of amides is 2. The van der Waals surface area contributed by atoms with E-state index in [4.69, 9.17) is 4.74 Å². The van der Waals surface area contributed by atoms with Gasteiger partial charge in [-0.25, -0.2) is 0 Å². The average Bonchev–Trinajstić information content (AvgIpc) is 3.38. The van der Waals surface area contributed by atoms with Gasteiger partial charge in [0.05, 0.1) is 6.54 Å². The van der Waals surface area contributed by atoms with Gasteiger partial charge in [0.2, 0.25) is 11.8 Å². The molecule has 0 bridgehead atoms. The molecule has 6 heteroatoms. The van der Waals surface area contributed by atoms with Crippen LogP contribution in [0.15, 0.2) is 84.3 Å². The van der Waals surface area contributed by atoms with Gasteiger partial charge in [-0.15, -0.1) is 11.3 Å². The molecule has 0 fully saturated rings. The van der Waals surface area contributed by atoms with E-state index in [2.05, 4.69) is 0 Å². The quantitative estimate of drug-likeness (QED) is 0.250.